The Hall–Kier alpha value is -3.80. The number of rotatable bonds is 11. The van der Waals surface area contributed by atoms with E-state index in [4.69, 9.17) is 9.47 Å². The number of nitrogens with zero attached hydrogens (tertiary/aromatic N) is 1. The summed E-state index contributed by atoms with van der Waals surface area (Å²) in [5.41, 5.74) is 4.15. The van der Waals surface area contributed by atoms with Gasteiger partial charge in [0.15, 0.2) is 11.5 Å². The van der Waals surface area contributed by atoms with Gasteiger partial charge in [-0.25, -0.2) is 0 Å². The molecule has 3 aromatic carbocycles. The molecule has 0 saturated carbocycles. The molecule has 0 fully saturated rings. The summed E-state index contributed by atoms with van der Waals surface area (Å²) in [4.78, 5) is 29.2. The Bertz CT molecular complexity index is 1210. The van der Waals surface area contributed by atoms with Gasteiger partial charge in [0.25, 0.3) is 0 Å². The van der Waals surface area contributed by atoms with Gasteiger partial charge < -0.3 is 19.7 Å². The van der Waals surface area contributed by atoms with Crippen LogP contribution in [0.2, 0.25) is 0 Å². The number of nitrogens with one attached hydrogen (secondary N) is 1. The Morgan fingerprint density at radius 3 is 2.43 bits per heavy atom. The van der Waals surface area contributed by atoms with Crippen molar-refractivity contribution >= 4 is 11.8 Å². The maximum absolute atomic E-state index is 13.8. The molecule has 0 bridgehead atoms. The fraction of sp³-hybridized carbons (Fsp3) is 0.355. The van der Waals surface area contributed by atoms with Gasteiger partial charge >= 0.3 is 0 Å². The number of carbonyl (C=O) groups excluding carboxylic acids is 2. The molecule has 2 unspecified atom stereocenters. The minimum Gasteiger partial charge on any atom is -0.454 e. The van der Waals surface area contributed by atoms with Gasteiger partial charge in [-0.1, -0.05) is 67.6 Å². The number of aryl methyl sites for hydroxylation is 2. The number of ether oxygens (including phenoxy) is 2. The predicted molar refractivity (Wildman–Crippen MR) is 144 cm³/mol. The van der Waals surface area contributed by atoms with E-state index in [2.05, 4.69) is 5.32 Å². The van der Waals surface area contributed by atoms with Crippen LogP contribution in [0.5, 0.6) is 11.5 Å². The van der Waals surface area contributed by atoms with E-state index in [1.165, 1.54) is 0 Å². The van der Waals surface area contributed by atoms with Crippen LogP contribution in [0.15, 0.2) is 72.8 Å². The van der Waals surface area contributed by atoms with Crippen molar-refractivity contribution in [3.63, 3.8) is 0 Å². The van der Waals surface area contributed by atoms with Crippen molar-refractivity contribution in [1.29, 1.82) is 0 Å². The van der Waals surface area contributed by atoms with Gasteiger partial charge in [0.2, 0.25) is 18.6 Å². The van der Waals surface area contributed by atoms with E-state index in [-0.39, 0.29) is 31.1 Å². The van der Waals surface area contributed by atoms with Crippen molar-refractivity contribution in [1.82, 2.24) is 10.2 Å². The molecule has 194 valence electrons. The molecule has 1 heterocycles. The van der Waals surface area contributed by atoms with Crippen LogP contribution in [0.25, 0.3) is 0 Å². The van der Waals surface area contributed by atoms with Gasteiger partial charge in [-0.15, -0.1) is 0 Å². The summed E-state index contributed by atoms with van der Waals surface area (Å²) in [6, 6.07) is 23.1. The molecule has 6 heteroatoms. The number of hydrogen-bond acceptors (Lipinski definition) is 4. The quantitative estimate of drug-likeness (QED) is 0.392. The Kier molecular flexibility index (Phi) is 8.83. The highest BCUT2D eigenvalue weighted by Crippen LogP contribution is 2.33. The number of carbonyl (C=O) groups is 2. The third-order valence-corrected chi connectivity index (χ3v) is 6.94. The van der Waals surface area contributed by atoms with Crippen molar-refractivity contribution in [2.75, 3.05) is 6.79 Å². The first-order chi connectivity index (χ1) is 17.9. The van der Waals surface area contributed by atoms with E-state index in [0.29, 0.717) is 25.1 Å². The van der Waals surface area contributed by atoms with Crippen LogP contribution < -0.4 is 14.8 Å². The lowest BCUT2D eigenvalue weighted by atomic mass is 10.00. The van der Waals surface area contributed by atoms with Gasteiger partial charge in [0, 0.05) is 25.4 Å². The number of fused-ring (bicyclic) bond motifs is 1. The predicted octanol–water partition coefficient (Wildman–Crippen LogP) is 5.21. The molecule has 0 spiro atoms. The second-order valence-corrected chi connectivity index (χ2v) is 9.66. The third kappa shape index (κ3) is 6.91. The van der Waals surface area contributed by atoms with Crippen molar-refractivity contribution in [2.45, 2.75) is 65.1 Å². The molecule has 0 aliphatic carbocycles. The topological polar surface area (TPSA) is 67.9 Å². The molecule has 0 saturated heterocycles. The SMILES string of the molecule is CCC(C)NC(=O)C(Cc1ccccc1)N(Cc1ccccc1C)C(=O)CCc1ccc2c(c1)OCO2. The normalized spacial score (nSPS) is 13.6. The molecule has 4 rings (SSSR count). The van der Waals surface area contributed by atoms with Crippen molar-refractivity contribution in [3.8, 4) is 11.5 Å². The average Bonchev–Trinajstić information content (AvgIpc) is 3.38. The van der Waals surface area contributed by atoms with E-state index >= 15 is 0 Å². The van der Waals surface area contributed by atoms with Crippen LogP contribution in [0.3, 0.4) is 0 Å². The zero-order valence-electron chi connectivity index (χ0n) is 21.9. The highest BCUT2D eigenvalue weighted by atomic mass is 16.7. The summed E-state index contributed by atoms with van der Waals surface area (Å²) >= 11 is 0. The Morgan fingerprint density at radius 1 is 0.946 bits per heavy atom. The fourth-order valence-corrected chi connectivity index (χ4v) is 4.46. The summed E-state index contributed by atoms with van der Waals surface area (Å²) in [6.07, 6.45) is 2.10. The summed E-state index contributed by atoms with van der Waals surface area (Å²) in [5.74, 6) is 1.25. The smallest absolute Gasteiger partial charge is 0.243 e. The highest BCUT2D eigenvalue weighted by molar-refractivity contribution is 5.88. The first-order valence-electron chi connectivity index (χ1n) is 13.0. The molecule has 3 aromatic rings. The van der Waals surface area contributed by atoms with E-state index in [0.717, 1.165) is 34.4 Å². The lowest BCUT2D eigenvalue weighted by Crippen LogP contribution is -2.52. The summed E-state index contributed by atoms with van der Waals surface area (Å²) in [5, 5.41) is 3.12. The summed E-state index contributed by atoms with van der Waals surface area (Å²) < 4.78 is 10.9. The van der Waals surface area contributed by atoms with Crippen LogP contribution >= 0.6 is 0 Å². The van der Waals surface area contributed by atoms with Gasteiger partial charge in [-0.3, -0.25) is 9.59 Å². The highest BCUT2D eigenvalue weighted by Gasteiger charge is 2.31. The monoisotopic (exact) mass is 500 g/mol. The van der Waals surface area contributed by atoms with Crippen molar-refractivity contribution < 1.29 is 19.1 Å². The summed E-state index contributed by atoms with van der Waals surface area (Å²) in [6.45, 7) is 6.66. The minimum atomic E-state index is -0.625. The van der Waals surface area contributed by atoms with Gasteiger partial charge in [-0.05, 0) is 61.1 Å². The second kappa shape index (κ2) is 12.4. The lowest BCUT2D eigenvalue weighted by molar-refractivity contribution is -0.141. The zero-order chi connectivity index (χ0) is 26.2. The van der Waals surface area contributed by atoms with Crippen LogP contribution in [-0.2, 0) is 29.0 Å². The van der Waals surface area contributed by atoms with Crippen molar-refractivity contribution in [3.05, 3.63) is 95.1 Å². The van der Waals surface area contributed by atoms with E-state index in [9.17, 15) is 9.59 Å². The van der Waals surface area contributed by atoms with Gasteiger partial charge in [-0.2, -0.15) is 0 Å². The molecule has 1 N–H and O–H groups in total. The molecule has 2 atom stereocenters. The largest absolute Gasteiger partial charge is 0.454 e. The minimum absolute atomic E-state index is 0.0230. The summed E-state index contributed by atoms with van der Waals surface area (Å²) in [7, 11) is 0. The first kappa shape index (κ1) is 26.3. The molecule has 6 nitrogen and oxygen atoms in total. The zero-order valence-corrected chi connectivity index (χ0v) is 21.9. The molecular formula is C31H36N2O4. The molecular weight excluding hydrogens is 464 g/mol. The standard InChI is InChI=1S/C31H36N2O4/c1-4-23(3)32-31(35)27(18-24-11-6-5-7-12-24)33(20-26-13-9-8-10-22(26)2)30(34)17-15-25-14-16-28-29(19-25)37-21-36-28/h5-14,16,19,23,27H,4,15,17-18,20-21H2,1-3H3,(H,32,35). The van der Waals surface area contributed by atoms with Crippen LogP contribution in [-0.4, -0.2) is 35.6 Å². The Labute approximate surface area is 219 Å². The third-order valence-electron chi connectivity index (χ3n) is 6.94. The molecule has 0 radical (unpaired) electrons. The molecule has 1 aliphatic rings. The molecule has 37 heavy (non-hydrogen) atoms. The van der Waals surface area contributed by atoms with Crippen LogP contribution in [0, 0.1) is 6.92 Å². The number of hydrogen-bond donors (Lipinski definition) is 1. The first-order valence-corrected chi connectivity index (χ1v) is 13.0. The second-order valence-electron chi connectivity index (χ2n) is 9.66. The molecule has 1 aliphatic heterocycles. The Balaban J connectivity index is 1.61. The van der Waals surface area contributed by atoms with Gasteiger partial charge in [0.1, 0.15) is 6.04 Å². The maximum atomic E-state index is 13.8. The number of amides is 2. The molecule has 0 aromatic heterocycles. The molecule has 2 amide bonds. The average molecular weight is 501 g/mol. The lowest BCUT2D eigenvalue weighted by Gasteiger charge is -2.33. The number of benzene rings is 3. The van der Waals surface area contributed by atoms with Crippen LogP contribution in [0.1, 0.15) is 48.9 Å². The maximum Gasteiger partial charge on any atom is 0.243 e. The van der Waals surface area contributed by atoms with E-state index in [1.807, 2.05) is 93.6 Å². The van der Waals surface area contributed by atoms with E-state index < -0.39 is 6.04 Å². The van der Waals surface area contributed by atoms with Crippen molar-refractivity contribution in [2.24, 2.45) is 0 Å². The fourth-order valence-electron chi connectivity index (χ4n) is 4.46. The Morgan fingerprint density at radius 2 is 1.68 bits per heavy atom. The van der Waals surface area contributed by atoms with E-state index in [1.54, 1.807) is 4.90 Å². The van der Waals surface area contributed by atoms with Crippen LogP contribution in [0.4, 0.5) is 0 Å². The van der Waals surface area contributed by atoms with Gasteiger partial charge in [0.05, 0.1) is 0 Å².